The Labute approximate surface area is 211 Å². The summed E-state index contributed by atoms with van der Waals surface area (Å²) in [5.41, 5.74) is -1.12. The molecule has 0 aromatic carbocycles. The van der Waals surface area contributed by atoms with Gasteiger partial charge in [-0.3, -0.25) is 14.4 Å². The number of hydrogen-bond acceptors (Lipinski definition) is 5. The van der Waals surface area contributed by atoms with Crippen molar-refractivity contribution in [1.82, 2.24) is 14.7 Å². The Morgan fingerprint density at radius 2 is 1.97 bits per heavy atom. The number of alkyl halides is 1. The summed E-state index contributed by atoms with van der Waals surface area (Å²) in [4.78, 5) is 46.0. The second kappa shape index (κ2) is 10.9. The molecule has 0 saturated carbocycles. The first-order valence-electron chi connectivity index (χ1n) is 12.2. The number of halogens is 1. The lowest BCUT2D eigenvalue weighted by Crippen LogP contribution is -2.58. The standard InChI is InChI=1S/C25H38BrN3O5/c1-6-9-10-13-28(12-8-3)24(33)21-25-14-17(26)20(34-25)18(22(31)27(5)11-7-2)19(25)23(32)29(21)16(4)15-30/h7-8,16-21,30H,2-3,6,9-15H2,1,4-5H3/t16-,17?,18-,19+,20-,21?,25?/m1/s1. The van der Waals surface area contributed by atoms with Crippen LogP contribution in [-0.4, -0.2) is 99.4 Å². The zero-order chi connectivity index (χ0) is 25.2. The highest BCUT2D eigenvalue weighted by atomic mass is 79.9. The number of aliphatic hydroxyl groups is 1. The van der Waals surface area contributed by atoms with Gasteiger partial charge in [0.05, 0.1) is 30.6 Å². The molecule has 3 amide bonds. The average Bonchev–Trinajstić information content (AvgIpc) is 3.40. The molecule has 190 valence electrons. The number of ether oxygens (including phenoxy) is 1. The summed E-state index contributed by atoms with van der Waals surface area (Å²) in [5.74, 6) is -2.16. The Hall–Kier alpha value is -1.71. The molecule has 3 aliphatic heterocycles. The van der Waals surface area contributed by atoms with E-state index in [1.165, 1.54) is 4.90 Å². The summed E-state index contributed by atoms with van der Waals surface area (Å²) in [7, 11) is 1.68. The number of aliphatic hydroxyl groups excluding tert-OH is 1. The number of likely N-dealkylation sites (N-methyl/N-ethyl adjacent to an activating group) is 1. The molecule has 1 spiro atoms. The highest BCUT2D eigenvalue weighted by Crippen LogP contribution is 2.60. The third kappa shape index (κ3) is 4.35. The van der Waals surface area contributed by atoms with E-state index >= 15 is 0 Å². The molecule has 0 aromatic heterocycles. The zero-order valence-electron chi connectivity index (χ0n) is 20.5. The molecular formula is C25H38BrN3O5. The second-order valence-corrected chi connectivity index (χ2v) is 10.9. The lowest BCUT2D eigenvalue weighted by molar-refractivity contribution is -0.151. The van der Waals surface area contributed by atoms with Crippen LogP contribution in [0.15, 0.2) is 25.3 Å². The minimum absolute atomic E-state index is 0.157. The molecule has 3 saturated heterocycles. The van der Waals surface area contributed by atoms with Gasteiger partial charge in [-0.25, -0.2) is 0 Å². The molecule has 3 unspecified atom stereocenters. The van der Waals surface area contributed by atoms with Crippen LogP contribution in [0.3, 0.4) is 0 Å². The first-order chi connectivity index (χ1) is 16.2. The molecule has 34 heavy (non-hydrogen) atoms. The number of fused-ring (bicyclic) bond motifs is 1. The maximum Gasteiger partial charge on any atom is 0.248 e. The Morgan fingerprint density at radius 3 is 2.56 bits per heavy atom. The van der Waals surface area contributed by atoms with Crippen molar-refractivity contribution >= 4 is 33.7 Å². The van der Waals surface area contributed by atoms with Gasteiger partial charge in [-0.15, -0.1) is 13.2 Å². The molecule has 3 rings (SSSR count). The van der Waals surface area contributed by atoms with E-state index in [9.17, 15) is 19.5 Å². The smallest absolute Gasteiger partial charge is 0.248 e. The van der Waals surface area contributed by atoms with Gasteiger partial charge in [-0.1, -0.05) is 47.8 Å². The van der Waals surface area contributed by atoms with Crippen molar-refractivity contribution in [3.63, 3.8) is 0 Å². The van der Waals surface area contributed by atoms with E-state index in [0.29, 0.717) is 26.1 Å². The number of likely N-dealkylation sites (tertiary alicyclic amines) is 1. The Bertz CT molecular complexity index is 822. The third-order valence-corrected chi connectivity index (χ3v) is 8.30. The van der Waals surface area contributed by atoms with Crippen molar-refractivity contribution in [2.24, 2.45) is 11.8 Å². The van der Waals surface area contributed by atoms with E-state index in [1.807, 2.05) is 0 Å². The molecule has 0 radical (unpaired) electrons. The first-order valence-corrected chi connectivity index (χ1v) is 13.1. The zero-order valence-corrected chi connectivity index (χ0v) is 22.1. The second-order valence-electron chi connectivity index (χ2n) is 9.73. The molecule has 7 atom stereocenters. The molecule has 3 heterocycles. The largest absolute Gasteiger partial charge is 0.394 e. The topological polar surface area (TPSA) is 90.4 Å². The minimum Gasteiger partial charge on any atom is -0.394 e. The van der Waals surface area contributed by atoms with Gasteiger partial charge in [0, 0.05) is 31.5 Å². The van der Waals surface area contributed by atoms with Crippen molar-refractivity contribution < 1.29 is 24.2 Å². The average molecular weight is 540 g/mol. The monoisotopic (exact) mass is 539 g/mol. The van der Waals surface area contributed by atoms with Crippen molar-refractivity contribution in [1.29, 1.82) is 0 Å². The summed E-state index contributed by atoms with van der Waals surface area (Å²) in [5, 5.41) is 9.97. The fourth-order valence-corrected chi connectivity index (χ4v) is 6.84. The third-order valence-electron chi connectivity index (χ3n) is 7.46. The van der Waals surface area contributed by atoms with Gasteiger partial charge in [0.25, 0.3) is 0 Å². The number of carbonyl (C=O) groups excluding carboxylic acids is 3. The fraction of sp³-hybridized carbons (Fsp3) is 0.720. The van der Waals surface area contributed by atoms with Gasteiger partial charge >= 0.3 is 0 Å². The normalized spacial score (nSPS) is 32.4. The summed E-state index contributed by atoms with van der Waals surface area (Å²) in [6.07, 6.45) is 6.14. The fourth-order valence-electron chi connectivity index (χ4n) is 5.90. The molecule has 0 aliphatic carbocycles. The van der Waals surface area contributed by atoms with Crippen LogP contribution in [0.5, 0.6) is 0 Å². The van der Waals surface area contributed by atoms with Crippen molar-refractivity contribution in [3.05, 3.63) is 25.3 Å². The number of amides is 3. The van der Waals surface area contributed by atoms with Crippen LogP contribution in [0.4, 0.5) is 0 Å². The summed E-state index contributed by atoms with van der Waals surface area (Å²) in [6.45, 7) is 12.3. The Balaban J connectivity index is 2.04. The van der Waals surface area contributed by atoms with Gasteiger partial charge in [0.1, 0.15) is 11.6 Å². The van der Waals surface area contributed by atoms with E-state index in [0.717, 1.165) is 19.3 Å². The Morgan fingerprint density at radius 1 is 1.29 bits per heavy atom. The van der Waals surface area contributed by atoms with E-state index in [-0.39, 0.29) is 29.2 Å². The van der Waals surface area contributed by atoms with Crippen LogP contribution in [-0.2, 0) is 19.1 Å². The Kier molecular flexibility index (Phi) is 8.63. The molecule has 3 aliphatic rings. The molecule has 0 aromatic rings. The predicted molar refractivity (Wildman–Crippen MR) is 133 cm³/mol. The number of hydrogen-bond donors (Lipinski definition) is 1. The molecule has 8 nitrogen and oxygen atoms in total. The summed E-state index contributed by atoms with van der Waals surface area (Å²) >= 11 is 3.68. The number of rotatable bonds is 12. The van der Waals surface area contributed by atoms with Crippen molar-refractivity contribution in [2.45, 2.75) is 68.1 Å². The highest BCUT2D eigenvalue weighted by molar-refractivity contribution is 9.09. The van der Waals surface area contributed by atoms with Crippen LogP contribution in [0, 0.1) is 11.8 Å². The predicted octanol–water partition coefficient (Wildman–Crippen LogP) is 1.96. The van der Waals surface area contributed by atoms with Gasteiger partial charge in [-0.2, -0.15) is 0 Å². The maximum absolute atomic E-state index is 14.0. The van der Waals surface area contributed by atoms with Gasteiger partial charge < -0.3 is 24.5 Å². The van der Waals surface area contributed by atoms with E-state index in [1.54, 1.807) is 35.9 Å². The summed E-state index contributed by atoms with van der Waals surface area (Å²) < 4.78 is 6.50. The lowest BCUT2D eigenvalue weighted by Gasteiger charge is -2.38. The number of carbonyl (C=O) groups is 3. The van der Waals surface area contributed by atoms with Crippen LogP contribution in [0.25, 0.3) is 0 Å². The molecule has 9 heteroatoms. The first kappa shape index (κ1) is 26.9. The number of unbranched alkanes of at least 4 members (excludes halogenated alkanes) is 2. The van der Waals surface area contributed by atoms with Crippen LogP contribution in [0.1, 0.15) is 39.5 Å². The van der Waals surface area contributed by atoms with Crippen molar-refractivity contribution in [3.8, 4) is 0 Å². The summed E-state index contributed by atoms with van der Waals surface area (Å²) in [6, 6.07) is -1.48. The van der Waals surface area contributed by atoms with Crippen LogP contribution >= 0.6 is 15.9 Å². The minimum atomic E-state index is -1.12. The van der Waals surface area contributed by atoms with E-state index in [2.05, 4.69) is 36.0 Å². The molecule has 3 fully saturated rings. The van der Waals surface area contributed by atoms with E-state index < -0.39 is 35.6 Å². The van der Waals surface area contributed by atoms with Gasteiger partial charge in [-0.05, 0) is 19.8 Å². The SMILES string of the molecule is C=CCN(C)C(=O)[C@H]1[C@@H]2OC3(CC2Br)C(C(=O)N(CC=C)CCCCC)N([C@H](C)CO)C(=O)[C@H]13. The molecule has 1 N–H and O–H groups in total. The quantitative estimate of drug-likeness (QED) is 0.232. The van der Waals surface area contributed by atoms with Gasteiger partial charge in [0.2, 0.25) is 17.7 Å². The number of nitrogens with zero attached hydrogens (tertiary/aromatic N) is 3. The lowest BCUT2D eigenvalue weighted by atomic mass is 9.70. The van der Waals surface area contributed by atoms with Crippen molar-refractivity contribution in [2.75, 3.05) is 33.3 Å². The maximum atomic E-state index is 14.0. The van der Waals surface area contributed by atoms with Crippen LogP contribution < -0.4 is 0 Å². The molecular weight excluding hydrogens is 502 g/mol. The van der Waals surface area contributed by atoms with Crippen LogP contribution in [0.2, 0.25) is 0 Å². The van der Waals surface area contributed by atoms with E-state index in [4.69, 9.17) is 4.74 Å². The highest BCUT2D eigenvalue weighted by Gasteiger charge is 2.77. The molecule has 2 bridgehead atoms. The van der Waals surface area contributed by atoms with Gasteiger partial charge in [0.15, 0.2) is 0 Å².